The number of hydrogen-bond donors (Lipinski definition) is 2. The molecule has 3 aromatic rings. The SMILES string of the molecule is COc1ccc(CNCC2CCC(Nc3nc(N(C)C)c4ccccc4n3)CC2)cc1C. The second-order valence-corrected chi connectivity index (χ2v) is 9.08. The third-order valence-electron chi connectivity index (χ3n) is 6.41. The van der Waals surface area contributed by atoms with E-state index in [4.69, 9.17) is 14.7 Å². The van der Waals surface area contributed by atoms with E-state index in [-0.39, 0.29) is 0 Å². The number of benzene rings is 2. The summed E-state index contributed by atoms with van der Waals surface area (Å²) in [7, 11) is 5.78. The lowest BCUT2D eigenvalue weighted by atomic mass is 9.86. The molecular formula is C26H35N5O. The standard InChI is InChI=1S/C26H35N5O/c1-18-15-20(11-14-24(18)32-4)17-27-16-19-9-12-21(13-10-19)28-26-29-23-8-6-5-7-22(23)25(30-26)31(2)3/h5-8,11,14-15,19,21,27H,9-10,12-13,16-17H2,1-4H3,(H,28,29,30). The Bertz CT molecular complexity index is 1040. The van der Waals surface area contributed by atoms with E-state index < -0.39 is 0 Å². The number of hydrogen-bond acceptors (Lipinski definition) is 6. The van der Waals surface area contributed by atoms with Crippen molar-refractivity contribution in [2.45, 2.75) is 45.2 Å². The molecule has 1 aliphatic rings. The van der Waals surface area contributed by atoms with Crippen LogP contribution in [0, 0.1) is 12.8 Å². The number of anilines is 2. The molecule has 6 heteroatoms. The molecule has 32 heavy (non-hydrogen) atoms. The van der Waals surface area contributed by atoms with Crippen molar-refractivity contribution in [3.8, 4) is 5.75 Å². The topological polar surface area (TPSA) is 62.3 Å². The number of aryl methyl sites for hydroxylation is 1. The molecule has 0 atom stereocenters. The normalized spacial score (nSPS) is 18.5. The van der Waals surface area contributed by atoms with E-state index in [2.05, 4.69) is 52.8 Å². The maximum atomic E-state index is 5.35. The number of ether oxygens (including phenoxy) is 1. The Balaban J connectivity index is 1.27. The van der Waals surface area contributed by atoms with E-state index >= 15 is 0 Å². The van der Waals surface area contributed by atoms with Crippen LogP contribution >= 0.6 is 0 Å². The molecular weight excluding hydrogens is 398 g/mol. The van der Waals surface area contributed by atoms with Gasteiger partial charge in [0.15, 0.2) is 0 Å². The summed E-state index contributed by atoms with van der Waals surface area (Å²) in [6, 6.07) is 15.1. The van der Waals surface area contributed by atoms with Gasteiger partial charge in [-0.25, -0.2) is 4.98 Å². The largest absolute Gasteiger partial charge is 0.496 e. The fourth-order valence-corrected chi connectivity index (χ4v) is 4.63. The van der Waals surface area contributed by atoms with Crippen LogP contribution in [0.25, 0.3) is 10.9 Å². The first-order valence-corrected chi connectivity index (χ1v) is 11.6. The fraction of sp³-hybridized carbons (Fsp3) is 0.462. The van der Waals surface area contributed by atoms with Crippen molar-refractivity contribution in [2.24, 2.45) is 5.92 Å². The summed E-state index contributed by atoms with van der Waals surface area (Å²) in [5.41, 5.74) is 3.48. The van der Waals surface area contributed by atoms with Gasteiger partial charge >= 0.3 is 0 Å². The third kappa shape index (κ3) is 5.30. The maximum absolute atomic E-state index is 5.35. The highest BCUT2D eigenvalue weighted by atomic mass is 16.5. The van der Waals surface area contributed by atoms with Gasteiger partial charge in [0.05, 0.1) is 12.6 Å². The summed E-state index contributed by atoms with van der Waals surface area (Å²) in [6.45, 7) is 4.06. The van der Waals surface area contributed by atoms with Crippen molar-refractivity contribution >= 4 is 22.7 Å². The zero-order valence-corrected chi connectivity index (χ0v) is 19.7. The van der Waals surface area contributed by atoms with Crippen molar-refractivity contribution in [2.75, 3.05) is 38.0 Å². The summed E-state index contributed by atoms with van der Waals surface area (Å²) in [6.07, 6.45) is 4.75. The van der Waals surface area contributed by atoms with Crippen LogP contribution < -0.4 is 20.3 Å². The predicted molar refractivity (Wildman–Crippen MR) is 133 cm³/mol. The van der Waals surface area contributed by atoms with Gasteiger partial charge in [-0.05, 0) is 74.4 Å². The summed E-state index contributed by atoms with van der Waals surface area (Å²) in [4.78, 5) is 11.6. The Morgan fingerprint density at radius 2 is 1.81 bits per heavy atom. The zero-order valence-electron chi connectivity index (χ0n) is 19.7. The number of nitrogens with one attached hydrogen (secondary N) is 2. The molecule has 0 unspecified atom stereocenters. The molecule has 1 aromatic heterocycles. The van der Waals surface area contributed by atoms with E-state index in [9.17, 15) is 0 Å². The van der Waals surface area contributed by atoms with Gasteiger partial charge in [-0.1, -0.05) is 24.3 Å². The van der Waals surface area contributed by atoms with Crippen molar-refractivity contribution in [1.29, 1.82) is 0 Å². The van der Waals surface area contributed by atoms with Crippen LogP contribution in [0.3, 0.4) is 0 Å². The smallest absolute Gasteiger partial charge is 0.225 e. The summed E-state index contributed by atoms with van der Waals surface area (Å²) >= 11 is 0. The fourth-order valence-electron chi connectivity index (χ4n) is 4.63. The van der Waals surface area contributed by atoms with Crippen LogP contribution in [0.4, 0.5) is 11.8 Å². The molecule has 1 heterocycles. The number of para-hydroxylation sites is 1. The molecule has 0 saturated heterocycles. The lowest BCUT2D eigenvalue weighted by Crippen LogP contribution is -2.31. The average Bonchev–Trinajstić information content (AvgIpc) is 2.80. The Morgan fingerprint density at radius 1 is 1.03 bits per heavy atom. The quantitative estimate of drug-likeness (QED) is 0.533. The van der Waals surface area contributed by atoms with Gasteiger partial charge in [0.2, 0.25) is 5.95 Å². The summed E-state index contributed by atoms with van der Waals surface area (Å²) < 4.78 is 5.35. The molecule has 4 rings (SSSR count). The lowest BCUT2D eigenvalue weighted by Gasteiger charge is -2.29. The molecule has 2 aromatic carbocycles. The number of aromatic nitrogens is 2. The summed E-state index contributed by atoms with van der Waals surface area (Å²) in [5.74, 6) is 3.38. The Morgan fingerprint density at radius 3 is 2.53 bits per heavy atom. The van der Waals surface area contributed by atoms with Crippen LogP contribution in [0.1, 0.15) is 36.8 Å². The average molecular weight is 434 g/mol. The van der Waals surface area contributed by atoms with E-state index in [1.165, 1.54) is 24.0 Å². The van der Waals surface area contributed by atoms with Gasteiger partial charge in [0.25, 0.3) is 0 Å². The molecule has 2 N–H and O–H groups in total. The summed E-state index contributed by atoms with van der Waals surface area (Å²) in [5, 5.41) is 8.34. The first kappa shape index (κ1) is 22.3. The Hall–Kier alpha value is -2.86. The van der Waals surface area contributed by atoms with Gasteiger partial charge in [0, 0.05) is 32.1 Å². The molecule has 0 spiro atoms. The number of nitrogens with zero attached hydrogens (tertiary/aromatic N) is 3. The van der Waals surface area contributed by atoms with Gasteiger partial charge in [-0.2, -0.15) is 4.98 Å². The molecule has 0 amide bonds. The Labute approximate surface area is 191 Å². The van der Waals surface area contributed by atoms with Gasteiger partial charge in [-0.15, -0.1) is 0 Å². The van der Waals surface area contributed by atoms with Gasteiger partial charge in [0.1, 0.15) is 11.6 Å². The Kier molecular flexibility index (Phi) is 7.10. The van der Waals surface area contributed by atoms with Crippen LogP contribution in [0.2, 0.25) is 0 Å². The second kappa shape index (κ2) is 10.2. The highest BCUT2D eigenvalue weighted by molar-refractivity contribution is 5.90. The van der Waals surface area contributed by atoms with Crippen LogP contribution in [-0.2, 0) is 6.54 Å². The molecule has 0 aliphatic heterocycles. The number of methoxy groups -OCH3 is 1. The van der Waals surface area contributed by atoms with Crippen LogP contribution in [-0.4, -0.2) is 43.8 Å². The van der Waals surface area contributed by atoms with Crippen LogP contribution in [0.15, 0.2) is 42.5 Å². The van der Waals surface area contributed by atoms with Crippen molar-refractivity contribution in [3.63, 3.8) is 0 Å². The maximum Gasteiger partial charge on any atom is 0.225 e. The lowest BCUT2D eigenvalue weighted by molar-refractivity contribution is 0.323. The molecule has 0 bridgehead atoms. The van der Waals surface area contributed by atoms with Crippen LogP contribution in [0.5, 0.6) is 5.75 Å². The van der Waals surface area contributed by atoms with Crippen molar-refractivity contribution in [1.82, 2.24) is 15.3 Å². The minimum absolute atomic E-state index is 0.437. The van der Waals surface area contributed by atoms with Gasteiger partial charge < -0.3 is 20.3 Å². The highest BCUT2D eigenvalue weighted by Gasteiger charge is 2.22. The predicted octanol–water partition coefficient (Wildman–Crippen LogP) is 4.77. The molecule has 1 fully saturated rings. The van der Waals surface area contributed by atoms with Crippen molar-refractivity contribution in [3.05, 3.63) is 53.6 Å². The van der Waals surface area contributed by atoms with E-state index in [0.717, 1.165) is 60.3 Å². The molecule has 1 aliphatic carbocycles. The van der Waals surface area contributed by atoms with E-state index in [1.54, 1.807) is 7.11 Å². The number of rotatable bonds is 8. The monoisotopic (exact) mass is 433 g/mol. The van der Waals surface area contributed by atoms with Gasteiger partial charge in [-0.3, -0.25) is 0 Å². The second-order valence-electron chi connectivity index (χ2n) is 9.08. The minimum atomic E-state index is 0.437. The van der Waals surface area contributed by atoms with E-state index in [0.29, 0.717) is 6.04 Å². The van der Waals surface area contributed by atoms with Crippen molar-refractivity contribution < 1.29 is 4.74 Å². The molecule has 6 nitrogen and oxygen atoms in total. The molecule has 1 saturated carbocycles. The first-order chi connectivity index (χ1) is 15.5. The first-order valence-electron chi connectivity index (χ1n) is 11.6. The highest BCUT2D eigenvalue weighted by Crippen LogP contribution is 2.28. The zero-order chi connectivity index (χ0) is 22.5. The number of fused-ring (bicyclic) bond motifs is 1. The minimum Gasteiger partial charge on any atom is -0.496 e. The molecule has 0 radical (unpaired) electrons. The van der Waals surface area contributed by atoms with E-state index in [1.807, 2.05) is 26.2 Å². The molecule has 170 valence electrons. The third-order valence-corrected chi connectivity index (χ3v) is 6.41.